The van der Waals surface area contributed by atoms with E-state index in [2.05, 4.69) is 4.74 Å². The largest absolute Gasteiger partial charge is 0.507 e. The van der Waals surface area contributed by atoms with Crippen LogP contribution < -0.4 is 0 Å². The van der Waals surface area contributed by atoms with E-state index in [1.165, 1.54) is 12.2 Å². The Kier molecular flexibility index (Phi) is 5.82. The quantitative estimate of drug-likeness (QED) is 0.296. The van der Waals surface area contributed by atoms with Gasteiger partial charge in [-0.2, -0.15) is 0 Å². The lowest BCUT2D eigenvalue weighted by molar-refractivity contribution is -0.151. The van der Waals surface area contributed by atoms with Crippen molar-refractivity contribution in [3.63, 3.8) is 0 Å². The number of ketones is 1. The fraction of sp³-hybridized carbons (Fsp3) is 0.143. The topological polar surface area (TPSA) is 63.6 Å². The first-order chi connectivity index (χ1) is 9.04. The molecule has 0 aromatic heterocycles. The monoisotopic (exact) mass is 280 g/mol. The zero-order chi connectivity index (χ0) is 14.3. The molecule has 0 aliphatic rings. The van der Waals surface area contributed by atoms with Gasteiger partial charge in [0.25, 0.3) is 5.78 Å². The van der Waals surface area contributed by atoms with Gasteiger partial charge < -0.3 is 9.84 Å². The molecule has 1 N–H and O–H groups in total. The van der Waals surface area contributed by atoms with Crippen LogP contribution in [0, 0.1) is 0 Å². The Morgan fingerprint density at radius 2 is 1.95 bits per heavy atom. The lowest BCUT2D eigenvalue weighted by Crippen LogP contribution is -2.14. The maximum Gasteiger partial charge on any atom is 0.379 e. The Morgan fingerprint density at radius 3 is 2.53 bits per heavy atom. The van der Waals surface area contributed by atoms with Gasteiger partial charge in [-0.15, -0.1) is 0 Å². The summed E-state index contributed by atoms with van der Waals surface area (Å²) in [7, 11) is 0. The number of esters is 1. The maximum absolute atomic E-state index is 11.2. The van der Waals surface area contributed by atoms with E-state index in [0.29, 0.717) is 10.6 Å². The van der Waals surface area contributed by atoms with Crippen molar-refractivity contribution in [1.29, 1.82) is 0 Å². The minimum atomic E-state index is -0.918. The Balaban J connectivity index is 2.68. The summed E-state index contributed by atoms with van der Waals surface area (Å²) >= 11 is 5.72. The van der Waals surface area contributed by atoms with Gasteiger partial charge in [-0.05, 0) is 43.3 Å². The van der Waals surface area contributed by atoms with E-state index >= 15 is 0 Å². The van der Waals surface area contributed by atoms with E-state index in [1.54, 1.807) is 31.2 Å². The van der Waals surface area contributed by atoms with Crippen molar-refractivity contribution in [3.8, 4) is 0 Å². The molecule has 0 radical (unpaired) electrons. The second-order valence-electron chi connectivity index (χ2n) is 3.50. The van der Waals surface area contributed by atoms with Gasteiger partial charge in [0.1, 0.15) is 5.76 Å². The molecule has 1 aromatic rings. The number of hydrogen-bond donors (Lipinski definition) is 1. The van der Waals surface area contributed by atoms with Crippen molar-refractivity contribution in [2.45, 2.75) is 6.92 Å². The fourth-order valence-corrected chi connectivity index (χ4v) is 1.34. The van der Waals surface area contributed by atoms with Crippen LogP contribution in [-0.2, 0) is 14.3 Å². The number of allylic oxidation sites excluding steroid dienone is 2. The first-order valence-corrected chi connectivity index (χ1v) is 5.96. The van der Waals surface area contributed by atoms with Crippen LogP contribution in [0.3, 0.4) is 0 Å². The minimum Gasteiger partial charge on any atom is -0.507 e. The predicted molar refractivity (Wildman–Crippen MR) is 72.8 cm³/mol. The highest BCUT2D eigenvalue weighted by atomic mass is 35.5. The molecule has 0 amide bonds. The van der Waals surface area contributed by atoms with Gasteiger partial charge in [0, 0.05) is 10.6 Å². The lowest BCUT2D eigenvalue weighted by atomic mass is 10.2. The van der Waals surface area contributed by atoms with Gasteiger partial charge in [0.05, 0.1) is 6.61 Å². The first kappa shape index (κ1) is 15.0. The standard InChI is InChI=1S/C14H13ClO4/c1-2-19-14(18)13(17)5-3-4-12(16)10-6-8-11(15)9-7-10/h3-9,16H,2H2,1H3. The second kappa shape index (κ2) is 7.38. The molecule has 0 saturated heterocycles. The zero-order valence-corrected chi connectivity index (χ0v) is 11.1. The van der Waals surface area contributed by atoms with E-state index in [0.717, 1.165) is 6.08 Å². The molecular weight excluding hydrogens is 268 g/mol. The molecule has 0 fully saturated rings. The second-order valence-corrected chi connectivity index (χ2v) is 3.94. The molecule has 0 aliphatic carbocycles. The number of ether oxygens (including phenoxy) is 1. The summed E-state index contributed by atoms with van der Waals surface area (Å²) in [4.78, 5) is 22.2. The Morgan fingerprint density at radius 1 is 1.32 bits per heavy atom. The number of rotatable bonds is 5. The molecule has 1 aromatic carbocycles. The molecule has 5 heteroatoms. The molecule has 0 unspecified atom stereocenters. The van der Waals surface area contributed by atoms with Gasteiger partial charge in [-0.25, -0.2) is 4.79 Å². The van der Waals surface area contributed by atoms with E-state index in [4.69, 9.17) is 11.6 Å². The van der Waals surface area contributed by atoms with Crippen molar-refractivity contribution < 1.29 is 19.4 Å². The third-order valence-electron chi connectivity index (χ3n) is 2.12. The van der Waals surface area contributed by atoms with Gasteiger partial charge >= 0.3 is 5.97 Å². The molecule has 0 atom stereocenters. The first-order valence-electron chi connectivity index (χ1n) is 5.59. The molecule has 0 saturated carbocycles. The van der Waals surface area contributed by atoms with Gasteiger partial charge in [-0.3, -0.25) is 4.79 Å². The van der Waals surface area contributed by atoms with Crippen molar-refractivity contribution in [2.24, 2.45) is 0 Å². The van der Waals surface area contributed by atoms with Crippen LogP contribution in [0.25, 0.3) is 5.76 Å². The summed E-state index contributed by atoms with van der Waals surface area (Å²) in [6, 6.07) is 6.53. The van der Waals surface area contributed by atoms with Crippen LogP contribution >= 0.6 is 11.6 Å². The summed E-state index contributed by atoms with van der Waals surface area (Å²) in [5, 5.41) is 10.3. The van der Waals surface area contributed by atoms with Crippen molar-refractivity contribution in [1.82, 2.24) is 0 Å². The van der Waals surface area contributed by atoms with Crippen molar-refractivity contribution >= 4 is 29.1 Å². The van der Waals surface area contributed by atoms with E-state index in [-0.39, 0.29) is 12.4 Å². The number of aliphatic hydroxyl groups excluding tert-OH is 1. The normalized spacial score (nSPS) is 11.6. The number of hydrogen-bond acceptors (Lipinski definition) is 4. The van der Waals surface area contributed by atoms with Crippen LogP contribution in [0.2, 0.25) is 5.02 Å². The van der Waals surface area contributed by atoms with E-state index in [9.17, 15) is 14.7 Å². The number of halogens is 1. The minimum absolute atomic E-state index is 0.0374. The Hall–Kier alpha value is -2.07. The highest BCUT2D eigenvalue weighted by Gasteiger charge is 2.09. The maximum atomic E-state index is 11.2. The van der Waals surface area contributed by atoms with Gasteiger partial charge in [0.15, 0.2) is 0 Å². The average molecular weight is 281 g/mol. The highest BCUT2D eigenvalue weighted by molar-refractivity contribution is 6.38. The van der Waals surface area contributed by atoms with Crippen LogP contribution in [-0.4, -0.2) is 23.5 Å². The highest BCUT2D eigenvalue weighted by Crippen LogP contribution is 2.15. The molecule has 100 valence electrons. The summed E-state index contributed by atoms with van der Waals surface area (Å²) in [6.45, 7) is 1.76. The van der Waals surface area contributed by atoms with Gasteiger partial charge in [0.2, 0.25) is 0 Å². The third-order valence-corrected chi connectivity index (χ3v) is 2.37. The molecule has 19 heavy (non-hydrogen) atoms. The van der Waals surface area contributed by atoms with Crippen molar-refractivity contribution in [2.75, 3.05) is 6.61 Å². The molecule has 4 nitrogen and oxygen atoms in total. The Labute approximate surface area is 116 Å². The van der Waals surface area contributed by atoms with E-state index in [1.807, 2.05) is 0 Å². The zero-order valence-electron chi connectivity index (χ0n) is 10.3. The number of benzene rings is 1. The summed E-state index contributed by atoms with van der Waals surface area (Å²) in [5.41, 5.74) is 0.553. The molecule has 0 spiro atoms. The molecule has 0 bridgehead atoms. The molecule has 0 aliphatic heterocycles. The van der Waals surface area contributed by atoms with Gasteiger partial charge in [-0.1, -0.05) is 17.7 Å². The number of carbonyl (C=O) groups excluding carboxylic acids is 2. The fourth-order valence-electron chi connectivity index (χ4n) is 1.21. The van der Waals surface area contributed by atoms with Crippen LogP contribution in [0.1, 0.15) is 12.5 Å². The summed E-state index contributed by atoms with van der Waals surface area (Å²) in [5.74, 6) is -1.73. The van der Waals surface area contributed by atoms with Crippen molar-refractivity contribution in [3.05, 3.63) is 53.1 Å². The van der Waals surface area contributed by atoms with Crippen LogP contribution in [0.15, 0.2) is 42.5 Å². The third kappa shape index (κ3) is 4.97. The lowest BCUT2D eigenvalue weighted by Gasteiger charge is -1.98. The summed E-state index contributed by atoms with van der Waals surface area (Å²) in [6.07, 6.45) is 3.62. The SMILES string of the molecule is CCOC(=O)C(=O)C=CC=C(O)c1ccc(Cl)cc1. The van der Waals surface area contributed by atoms with Crippen LogP contribution in [0.5, 0.6) is 0 Å². The molecular formula is C14H13ClO4. The van der Waals surface area contributed by atoms with Crippen LogP contribution in [0.4, 0.5) is 0 Å². The number of carbonyl (C=O) groups is 2. The predicted octanol–water partition coefficient (Wildman–Crippen LogP) is 2.93. The molecule has 1 rings (SSSR count). The average Bonchev–Trinajstić information content (AvgIpc) is 2.39. The smallest absolute Gasteiger partial charge is 0.379 e. The summed E-state index contributed by atoms with van der Waals surface area (Å²) < 4.78 is 4.52. The van der Waals surface area contributed by atoms with E-state index < -0.39 is 11.8 Å². The molecule has 0 heterocycles. The number of aliphatic hydroxyl groups is 1. The Bertz CT molecular complexity index is 515.